The van der Waals surface area contributed by atoms with E-state index in [0.717, 1.165) is 32.2 Å². The topological polar surface area (TPSA) is 38.1 Å². The average Bonchev–Trinajstić information content (AvgIpc) is 3.07. The first-order valence-corrected chi connectivity index (χ1v) is 7.19. The van der Waals surface area contributed by atoms with Crippen molar-refractivity contribution >= 4 is 5.91 Å². The molecule has 0 spiro atoms. The van der Waals surface area contributed by atoms with Crippen LogP contribution in [-0.2, 0) is 11.8 Å². The molecule has 1 aromatic heterocycles. The molecular formula is C15H21N3O. The van der Waals surface area contributed by atoms with Crippen LogP contribution in [0.2, 0.25) is 0 Å². The molecule has 0 bridgehead atoms. The first-order chi connectivity index (χ1) is 9.24. The Morgan fingerprint density at radius 2 is 2.37 bits per heavy atom. The van der Waals surface area contributed by atoms with E-state index in [2.05, 4.69) is 22.2 Å². The summed E-state index contributed by atoms with van der Waals surface area (Å²) in [7, 11) is 1.92. The molecule has 2 unspecified atom stereocenters. The number of carbonyl (C=O) groups excluding carboxylic acids is 1. The summed E-state index contributed by atoms with van der Waals surface area (Å²) < 4.78 is 1.82. The number of carbonyl (C=O) groups is 1. The number of hydrogen-bond acceptors (Lipinski definition) is 2. The van der Waals surface area contributed by atoms with Crippen molar-refractivity contribution in [3.8, 4) is 0 Å². The van der Waals surface area contributed by atoms with Gasteiger partial charge in [0, 0.05) is 31.8 Å². The molecule has 1 fully saturated rings. The number of aromatic nitrogens is 2. The van der Waals surface area contributed by atoms with Gasteiger partial charge in [0.2, 0.25) is 5.91 Å². The summed E-state index contributed by atoms with van der Waals surface area (Å²) in [6.07, 6.45) is 13.4. The first-order valence-electron chi connectivity index (χ1n) is 7.19. The van der Waals surface area contributed by atoms with Gasteiger partial charge >= 0.3 is 0 Å². The number of hydrogen-bond donors (Lipinski definition) is 0. The van der Waals surface area contributed by atoms with E-state index in [1.165, 1.54) is 5.56 Å². The van der Waals surface area contributed by atoms with E-state index in [-0.39, 0.29) is 6.04 Å². The quantitative estimate of drug-likeness (QED) is 0.782. The Hall–Kier alpha value is -1.58. The summed E-state index contributed by atoms with van der Waals surface area (Å²) in [4.78, 5) is 14.5. The van der Waals surface area contributed by atoms with Crippen LogP contribution >= 0.6 is 0 Å². The third-order valence-corrected chi connectivity index (χ3v) is 4.23. The maximum atomic E-state index is 12.5. The average molecular weight is 259 g/mol. The van der Waals surface area contributed by atoms with Gasteiger partial charge in [-0.2, -0.15) is 5.10 Å². The second-order valence-corrected chi connectivity index (χ2v) is 5.66. The zero-order chi connectivity index (χ0) is 13.2. The second-order valence-electron chi connectivity index (χ2n) is 5.66. The highest BCUT2D eigenvalue weighted by atomic mass is 16.2. The minimum Gasteiger partial charge on any atom is -0.336 e. The predicted octanol–water partition coefficient (Wildman–Crippen LogP) is 2.44. The summed E-state index contributed by atoms with van der Waals surface area (Å²) in [5.74, 6) is 0.769. The number of rotatable bonds is 3. The largest absolute Gasteiger partial charge is 0.336 e. The Morgan fingerprint density at radius 3 is 3.05 bits per heavy atom. The Balaban J connectivity index is 1.68. The second kappa shape index (κ2) is 5.19. The summed E-state index contributed by atoms with van der Waals surface area (Å²) in [6.45, 7) is 0.898. The summed E-state index contributed by atoms with van der Waals surface area (Å²) in [5.41, 5.74) is 1.18. The van der Waals surface area contributed by atoms with Crippen molar-refractivity contribution in [3.63, 3.8) is 0 Å². The molecule has 1 aliphatic heterocycles. The molecule has 4 heteroatoms. The van der Waals surface area contributed by atoms with Gasteiger partial charge in [-0.05, 0) is 31.6 Å². The van der Waals surface area contributed by atoms with Gasteiger partial charge in [0.05, 0.1) is 12.2 Å². The number of nitrogens with zero attached hydrogens (tertiary/aromatic N) is 3. The molecular weight excluding hydrogens is 238 g/mol. The fourth-order valence-electron chi connectivity index (χ4n) is 3.23. The summed E-state index contributed by atoms with van der Waals surface area (Å²) in [5, 5.41) is 4.23. The fourth-order valence-corrected chi connectivity index (χ4v) is 3.23. The Kier molecular flexibility index (Phi) is 3.40. The van der Waals surface area contributed by atoms with Gasteiger partial charge < -0.3 is 4.90 Å². The highest BCUT2D eigenvalue weighted by Crippen LogP contribution is 2.33. The monoisotopic (exact) mass is 259 g/mol. The van der Waals surface area contributed by atoms with Crippen LogP contribution in [0, 0.1) is 5.92 Å². The van der Waals surface area contributed by atoms with Crippen molar-refractivity contribution in [2.45, 2.75) is 38.1 Å². The lowest BCUT2D eigenvalue weighted by Gasteiger charge is -2.25. The third kappa shape index (κ3) is 2.57. The van der Waals surface area contributed by atoms with Gasteiger partial charge in [-0.15, -0.1) is 0 Å². The van der Waals surface area contributed by atoms with Crippen LogP contribution in [-0.4, -0.2) is 27.1 Å². The molecule has 1 aromatic rings. The van der Waals surface area contributed by atoms with E-state index in [1.54, 1.807) is 0 Å². The lowest BCUT2D eigenvalue weighted by atomic mass is 10.0. The molecule has 1 amide bonds. The van der Waals surface area contributed by atoms with E-state index in [9.17, 15) is 4.79 Å². The van der Waals surface area contributed by atoms with Crippen molar-refractivity contribution < 1.29 is 4.79 Å². The van der Waals surface area contributed by atoms with Crippen LogP contribution in [0.4, 0.5) is 0 Å². The molecule has 1 saturated heterocycles. The predicted molar refractivity (Wildman–Crippen MR) is 73.4 cm³/mol. The normalized spacial score (nSPS) is 26.3. The van der Waals surface area contributed by atoms with E-state index in [1.807, 2.05) is 24.1 Å². The Morgan fingerprint density at radius 1 is 1.47 bits per heavy atom. The van der Waals surface area contributed by atoms with Gasteiger partial charge in [0.15, 0.2) is 0 Å². The van der Waals surface area contributed by atoms with Crippen LogP contribution in [0.15, 0.2) is 24.5 Å². The molecule has 2 aliphatic rings. The van der Waals surface area contributed by atoms with E-state index in [4.69, 9.17) is 0 Å². The molecule has 4 nitrogen and oxygen atoms in total. The standard InChI is InChI=1S/C15H21N3O/c1-17-11-13(10-16-17)14-7-4-8-18(14)15(19)9-12-5-2-3-6-12/h2,5,10-12,14H,3-4,6-9H2,1H3. The van der Waals surface area contributed by atoms with E-state index >= 15 is 0 Å². The number of likely N-dealkylation sites (tertiary alicyclic amines) is 1. The third-order valence-electron chi connectivity index (χ3n) is 4.23. The van der Waals surface area contributed by atoms with Crippen LogP contribution in [0.1, 0.15) is 43.7 Å². The van der Waals surface area contributed by atoms with Crippen LogP contribution in [0.5, 0.6) is 0 Å². The molecule has 0 aromatic carbocycles. The Bertz CT molecular complexity index is 491. The fraction of sp³-hybridized carbons (Fsp3) is 0.600. The van der Waals surface area contributed by atoms with Gasteiger partial charge in [0.25, 0.3) is 0 Å². The summed E-state index contributed by atoms with van der Waals surface area (Å²) >= 11 is 0. The van der Waals surface area contributed by atoms with Crippen LogP contribution < -0.4 is 0 Å². The molecule has 2 heterocycles. The number of allylic oxidation sites excluding steroid dienone is 2. The number of aryl methyl sites for hydroxylation is 1. The van der Waals surface area contributed by atoms with E-state index < -0.39 is 0 Å². The zero-order valence-corrected chi connectivity index (χ0v) is 11.5. The number of amides is 1. The smallest absolute Gasteiger partial charge is 0.223 e. The Labute approximate surface area is 114 Å². The minimum atomic E-state index is 0.242. The molecule has 102 valence electrons. The van der Waals surface area contributed by atoms with Crippen molar-refractivity contribution in [3.05, 3.63) is 30.1 Å². The van der Waals surface area contributed by atoms with Crippen molar-refractivity contribution in [2.24, 2.45) is 13.0 Å². The van der Waals surface area contributed by atoms with Gasteiger partial charge in [-0.1, -0.05) is 12.2 Å². The molecule has 0 radical (unpaired) electrons. The zero-order valence-electron chi connectivity index (χ0n) is 11.5. The summed E-state index contributed by atoms with van der Waals surface area (Å²) in [6, 6.07) is 0.242. The molecule has 1 aliphatic carbocycles. The van der Waals surface area contributed by atoms with Crippen LogP contribution in [0.25, 0.3) is 0 Å². The van der Waals surface area contributed by atoms with Gasteiger partial charge in [-0.25, -0.2) is 0 Å². The first kappa shape index (κ1) is 12.5. The van der Waals surface area contributed by atoms with Gasteiger partial charge in [-0.3, -0.25) is 9.48 Å². The van der Waals surface area contributed by atoms with Crippen molar-refractivity contribution in [2.75, 3.05) is 6.54 Å². The molecule has 0 N–H and O–H groups in total. The van der Waals surface area contributed by atoms with Crippen LogP contribution in [0.3, 0.4) is 0 Å². The SMILES string of the molecule is Cn1cc(C2CCCN2C(=O)CC2C=CCC2)cn1. The maximum absolute atomic E-state index is 12.5. The molecule has 3 rings (SSSR count). The molecule has 0 saturated carbocycles. The lowest BCUT2D eigenvalue weighted by molar-refractivity contribution is -0.132. The molecule has 2 atom stereocenters. The maximum Gasteiger partial charge on any atom is 0.223 e. The molecule has 19 heavy (non-hydrogen) atoms. The van der Waals surface area contributed by atoms with E-state index in [0.29, 0.717) is 18.2 Å². The van der Waals surface area contributed by atoms with Crippen molar-refractivity contribution in [1.82, 2.24) is 14.7 Å². The highest BCUT2D eigenvalue weighted by molar-refractivity contribution is 5.77. The van der Waals surface area contributed by atoms with Crippen molar-refractivity contribution in [1.29, 1.82) is 0 Å². The minimum absolute atomic E-state index is 0.242. The highest BCUT2D eigenvalue weighted by Gasteiger charge is 2.31. The van der Waals surface area contributed by atoms with Gasteiger partial charge in [0.1, 0.15) is 0 Å². The lowest BCUT2D eigenvalue weighted by Crippen LogP contribution is -2.31.